The van der Waals surface area contributed by atoms with Gasteiger partial charge in [-0.25, -0.2) is 9.37 Å². The van der Waals surface area contributed by atoms with Gasteiger partial charge in [-0.2, -0.15) is 5.10 Å². The lowest BCUT2D eigenvalue weighted by Crippen LogP contribution is -2.09. The van der Waals surface area contributed by atoms with E-state index in [9.17, 15) is 9.18 Å². The van der Waals surface area contributed by atoms with Gasteiger partial charge in [0.1, 0.15) is 17.6 Å². The molecule has 1 unspecified atom stereocenters. The van der Waals surface area contributed by atoms with E-state index in [4.69, 9.17) is 5.11 Å². The molecule has 0 spiro atoms. The number of halogens is 1. The minimum absolute atomic E-state index is 0.159. The minimum Gasteiger partial charge on any atom is -0.481 e. The summed E-state index contributed by atoms with van der Waals surface area (Å²) in [6.45, 7) is 1.48. The number of carboxylic acid groups (broad SMARTS) is 1. The molecule has 2 N–H and O–H groups in total. The van der Waals surface area contributed by atoms with Gasteiger partial charge >= 0.3 is 5.97 Å². The van der Waals surface area contributed by atoms with Gasteiger partial charge in [-0.1, -0.05) is 12.1 Å². The topological polar surface area (TPSA) is 78.9 Å². The number of hydrogen-bond donors (Lipinski definition) is 2. The zero-order valence-electron chi connectivity index (χ0n) is 9.01. The second-order valence-corrected chi connectivity index (χ2v) is 3.58. The van der Waals surface area contributed by atoms with Crippen molar-refractivity contribution >= 4 is 5.97 Å². The van der Waals surface area contributed by atoms with Gasteiger partial charge in [0.05, 0.1) is 5.56 Å². The van der Waals surface area contributed by atoms with Gasteiger partial charge in [-0.15, -0.1) is 0 Å². The molecule has 0 fully saturated rings. The molecule has 1 aromatic heterocycles. The molecule has 17 heavy (non-hydrogen) atoms. The number of rotatable bonds is 3. The highest BCUT2D eigenvalue weighted by Crippen LogP contribution is 2.20. The van der Waals surface area contributed by atoms with E-state index in [1.807, 2.05) is 0 Å². The van der Waals surface area contributed by atoms with Gasteiger partial charge in [-0.05, 0) is 19.1 Å². The van der Waals surface area contributed by atoms with E-state index in [2.05, 4.69) is 15.2 Å². The van der Waals surface area contributed by atoms with E-state index < -0.39 is 17.7 Å². The third kappa shape index (κ3) is 2.15. The Morgan fingerprint density at radius 2 is 2.18 bits per heavy atom. The van der Waals surface area contributed by atoms with Crippen LogP contribution in [0.15, 0.2) is 24.3 Å². The summed E-state index contributed by atoms with van der Waals surface area (Å²) in [4.78, 5) is 14.7. The van der Waals surface area contributed by atoms with E-state index in [1.165, 1.54) is 19.1 Å². The van der Waals surface area contributed by atoms with Gasteiger partial charge in [0.15, 0.2) is 5.82 Å². The Morgan fingerprint density at radius 1 is 1.47 bits per heavy atom. The van der Waals surface area contributed by atoms with Crippen molar-refractivity contribution in [1.29, 1.82) is 0 Å². The van der Waals surface area contributed by atoms with E-state index in [-0.39, 0.29) is 17.2 Å². The first-order valence-corrected chi connectivity index (χ1v) is 4.99. The molecule has 0 bridgehead atoms. The number of nitrogens with one attached hydrogen (secondary N) is 1. The molecule has 0 aliphatic carbocycles. The predicted molar refractivity (Wildman–Crippen MR) is 57.8 cm³/mol. The number of hydrogen-bond acceptors (Lipinski definition) is 3. The van der Waals surface area contributed by atoms with Crippen LogP contribution in [0.25, 0.3) is 11.4 Å². The molecule has 0 radical (unpaired) electrons. The van der Waals surface area contributed by atoms with Crippen LogP contribution in [0.5, 0.6) is 0 Å². The van der Waals surface area contributed by atoms with Gasteiger partial charge < -0.3 is 5.11 Å². The lowest BCUT2D eigenvalue weighted by molar-refractivity contribution is -0.138. The molecule has 88 valence electrons. The average molecular weight is 235 g/mol. The summed E-state index contributed by atoms with van der Waals surface area (Å²) in [6, 6.07) is 6.06. The molecule has 0 aliphatic heterocycles. The molecule has 2 rings (SSSR count). The van der Waals surface area contributed by atoms with Crippen LogP contribution in [-0.4, -0.2) is 26.3 Å². The highest BCUT2D eigenvalue weighted by Gasteiger charge is 2.19. The molecule has 1 aromatic carbocycles. The average Bonchev–Trinajstić information content (AvgIpc) is 2.77. The van der Waals surface area contributed by atoms with Crippen LogP contribution < -0.4 is 0 Å². The van der Waals surface area contributed by atoms with E-state index >= 15 is 0 Å². The summed E-state index contributed by atoms with van der Waals surface area (Å²) in [5, 5.41) is 15.1. The Morgan fingerprint density at radius 3 is 2.82 bits per heavy atom. The van der Waals surface area contributed by atoms with Crippen LogP contribution in [0.2, 0.25) is 0 Å². The zero-order valence-corrected chi connectivity index (χ0v) is 9.01. The fraction of sp³-hybridized carbons (Fsp3) is 0.182. The van der Waals surface area contributed by atoms with Crippen LogP contribution in [0.3, 0.4) is 0 Å². The fourth-order valence-corrected chi connectivity index (χ4v) is 1.35. The number of benzene rings is 1. The smallest absolute Gasteiger partial charge is 0.313 e. The number of carboxylic acids is 1. The highest BCUT2D eigenvalue weighted by atomic mass is 19.1. The maximum Gasteiger partial charge on any atom is 0.313 e. The second-order valence-electron chi connectivity index (χ2n) is 3.58. The maximum atomic E-state index is 13.4. The molecule has 0 amide bonds. The first-order chi connectivity index (χ1) is 8.09. The van der Waals surface area contributed by atoms with Crippen molar-refractivity contribution in [2.45, 2.75) is 12.8 Å². The van der Waals surface area contributed by atoms with Gasteiger partial charge in [-0.3, -0.25) is 9.89 Å². The normalized spacial score (nSPS) is 12.4. The van der Waals surface area contributed by atoms with Crippen LogP contribution in [0.4, 0.5) is 4.39 Å². The predicted octanol–water partition coefficient (Wildman–Crippen LogP) is 1.80. The summed E-state index contributed by atoms with van der Waals surface area (Å²) in [7, 11) is 0. The van der Waals surface area contributed by atoms with E-state index in [1.54, 1.807) is 12.1 Å². The van der Waals surface area contributed by atoms with Crippen molar-refractivity contribution in [3.63, 3.8) is 0 Å². The van der Waals surface area contributed by atoms with Crippen LogP contribution in [-0.2, 0) is 4.79 Å². The Bertz CT molecular complexity index is 553. The SMILES string of the molecule is CC(C(=O)O)c1nc(-c2ccccc2F)n[nH]1. The third-order valence-electron chi connectivity index (χ3n) is 2.40. The van der Waals surface area contributed by atoms with Crippen LogP contribution in [0, 0.1) is 5.82 Å². The number of H-pyrrole nitrogens is 1. The molecule has 6 heteroatoms. The second kappa shape index (κ2) is 4.32. The first-order valence-electron chi connectivity index (χ1n) is 4.99. The van der Waals surface area contributed by atoms with Crippen LogP contribution in [0.1, 0.15) is 18.7 Å². The highest BCUT2D eigenvalue weighted by molar-refractivity contribution is 5.74. The van der Waals surface area contributed by atoms with Gasteiger partial charge in [0.2, 0.25) is 0 Å². The fourth-order valence-electron chi connectivity index (χ4n) is 1.35. The van der Waals surface area contributed by atoms with Crippen molar-refractivity contribution < 1.29 is 14.3 Å². The molecular weight excluding hydrogens is 225 g/mol. The van der Waals surface area contributed by atoms with Crippen LogP contribution >= 0.6 is 0 Å². The largest absolute Gasteiger partial charge is 0.481 e. The van der Waals surface area contributed by atoms with E-state index in [0.717, 1.165) is 0 Å². The molecule has 1 heterocycles. The van der Waals surface area contributed by atoms with Crippen molar-refractivity contribution in [1.82, 2.24) is 15.2 Å². The third-order valence-corrected chi connectivity index (χ3v) is 2.40. The Labute approximate surface area is 96.3 Å². The molecule has 1 atom stereocenters. The number of aliphatic carboxylic acids is 1. The maximum absolute atomic E-state index is 13.4. The number of aromatic nitrogens is 3. The summed E-state index contributed by atoms with van der Waals surface area (Å²) >= 11 is 0. The first kappa shape index (κ1) is 11.3. The lowest BCUT2D eigenvalue weighted by atomic mass is 10.1. The standard InChI is InChI=1S/C11H10FN3O2/c1-6(11(16)17)9-13-10(15-14-9)7-4-2-3-5-8(7)12/h2-6H,1H3,(H,16,17)(H,13,14,15). The van der Waals surface area contributed by atoms with Crippen molar-refractivity contribution in [3.8, 4) is 11.4 Å². The molecule has 2 aromatic rings. The molecule has 0 aliphatic rings. The summed E-state index contributed by atoms with van der Waals surface area (Å²) in [6.07, 6.45) is 0. The van der Waals surface area contributed by atoms with E-state index in [0.29, 0.717) is 0 Å². The summed E-state index contributed by atoms with van der Waals surface area (Å²) in [5.74, 6) is -1.90. The minimum atomic E-state index is -1.01. The van der Waals surface area contributed by atoms with Crippen molar-refractivity contribution in [3.05, 3.63) is 35.9 Å². The van der Waals surface area contributed by atoms with Gasteiger partial charge in [0, 0.05) is 0 Å². The summed E-state index contributed by atoms with van der Waals surface area (Å²) < 4.78 is 13.4. The lowest BCUT2D eigenvalue weighted by Gasteiger charge is -1.99. The number of nitrogens with zero attached hydrogens (tertiary/aromatic N) is 2. The quantitative estimate of drug-likeness (QED) is 0.850. The number of aromatic amines is 1. The Balaban J connectivity index is 2.37. The molecule has 0 saturated heterocycles. The molecule has 5 nitrogen and oxygen atoms in total. The monoisotopic (exact) mass is 235 g/mol. The van der Waals surface area contributed by atoms with Gasteiger partial charge in [0.25, 0.3) is 0 Å². The number of carbonyl (C=O) groups is 1. The van der Waals surface area contributed by atoms with Crippen molar-refractivity contribution in [2.75, 3.05) is 0 Å². The zero-order chi connectivity index (χ0) is 12.4. The molecular formula is C11H10FN3O2. The molecule has 0 saturated carbocycles. The van der Waals surface area contributed by atoms with Crippen molar-refractivity contribution in [2.24, 2.45) is 0 Å². The Hall–Kier alpha value is -2.24. The summed E-state index contributed by atoms with van der Waals surface area (Å²) in [5.41, 5.74) is 0.243. The Kier molecular flexibility index (Phi) is 2.86.